The van der Waals surface area contributed by atoms with Crippen molar-refractivity contribution in [1.29, 1.82) is 0 Å². The van der Waals surface area contributed by atoms with E-state index in [1.54, 1.807) is 18.4 Å². The first-order chi connectivity index (χ1) is 9.02. The minimum absolute atomic E-state index is 0.405. The fraction of sp³-hybridized carbons (Fsp3) is 0.714. The third kappa shape index (κ3) is 6.86. The third-order valence-corrected chi connectivity index (χ3v) is 4.52. The van der Waals surface area contributed by atoms with Gasteiger partial charge in [0.15, 0.2) is 0 Å². The molecule has 0 aliphatic rings. The summed E-state index contributed by atoms with van der Waals surface area (Å²) in [4.78, 5) is 2.35. The van der Waals surface area contributed by atoms with Crippen molar-refractivity contribution in [2.45, 2.75) is 26.4 Å². The van der Waals surface area contributed by atoms with Crippen LogP contribution in [0.5, 0.6) is 0 Å². The molecule has 0 aliphatic heterocycles. The van der Waals surface area contributed by atoms with E-state index in [1.165, 1.54) is 9.35 Å². The molecule has 19 heavy (non-hydrogen) atoms. The average Bonchev–Trinajstić information content (AvgIpc) is 2.73. The van der Waals surface area contributed by atoms with Crippen LogP contribution in [0.1, 0.15) is 19.4 Å². The van der Waals surface area contributed by atoms with Crippen LogP contribution in [0, 0.1) is 5.92 Å². The molecule has 0 aliphatic carbocycles. The Kier molecular flexibility index (Phi) is 8.18. The summed E-state index contributed by atoms with van der Waals surface area (Å²) in [7, 11) is 3.93. The van der Waals surface area contributed by atoms with E-state index in [9.17, 15) is 0 Å². The lowest BCUT2D eigenvalue weighted by atomic mass is 10.2. The SMILES string of the molecule is COCC(CNCC(C)C)N(C)Cc1csc(Br)c1. The van der Waals surface area contributed by atoms with Crippen LogP contribution < -0.4 is 5.32 Å². The van der Waals surface area contributed by atoms with Crippen molar-refractivity contribution in [2.24, 2.45) is 5.92 Å². The molecule has 110 valence electrons. The van der Waals surface area contributed by atoms with Crippen LogP contribution in [0.15, 0.2) is 15.2 Å². The predicted octanol–water partition coefficient (Wildman–Crippen LogP) is 3.20. The highest BCUT2D eigenvalue weighted by Crippen LogP contribution is 2.21. The molecule has 0 fully saturated rings. The molecule has 0 bridgehead atoms. The van der Waals surface area contributed by atoms with Gasteiger partial charge in [0.1, 0.15) is 0 Å². The van der Waals surface area contributed by atoms with Gasteiger partial charge in [-0.3, -0.25) is 4.90 Å². The zero-order valence-corrected chi connectivity index (χ0v) is 14.7. The Morgan fingerprint density at radius 2 is 2.16 bits per heavy atom. The maximum Gasteiger partial charge on any atom is 0.0701 e. The number of hydrogen-bond acceptors (Lipinski definition) is 4. The summed E-state index contributed by atoms with van der Waals surface area (Å²) < 4.78 is 6.53. The summed E-state index contributed by atoms with van der Waals surface area (Å²) in [6.45, 7) is 8.19. The highest BCUT2D eigenvalue weighted by Gasteiger charge is 2.15. The first kappa shape index (κ1) is 17.1. The molecular formula is C14H25BrN2OS. The van der Waals surface area contributed by atoms with Crippen molar-refractivity contribution in [3.63, 3.8) is 0 Å². The molecule has 0 amide bonds. The highest BCUT2D eigenvalue weighted by molar-refractivity contribution is 9.11. The Morgan fingerprint density at radius 1 is 1.42 bits per heavy atom. The lowest BCUT2D eigenvalue weighted by Gasteiger charge is -2.28. The molecular weight excluding hydrogens is 324 g/mol. The number of halogens is 1. The molecule has 1 atom stereocenters. The van der Waals surface area contributed by atoms with Gasteiger partial charge >= 0.3 is 0 Å². The zero-order chi connectivity index (χ0) is 14.3. The molecule has 1 heterocycles. The smallest absolute Gasteiger partial charge is 0.0701 e. The molecule has 0 saturated heterocycles. The van der Waals surface area contributed by atoms with E-state index in [-0.39, 0.29) is 0 Å². The number of nitrogens with one attached hydrogen (secondary N) is 1. The van der Waals surface area contributed by atoms with Gasteiger partial charge < -0.3 is 10.1 Å². The Labute approximate surface area is 129 Å². The van der Waals surface area contributed by atoms with E-state index in [2.05, 4.69) is 58.5 Å². The van der Waals surface area contributed by atoms with Crippen molar-refractivity contribution < 1.29 is 4.74 Å². The van der Waals surface area contributed by atoms with E-state index in [0.717, 1.165) is 26.2 Å². The molecule has 1 unspecified atom stereocenters. The third-order valence-electron chi connectivity index (χ3n) is 2.97. The average molecular weight is 349 g/mol. The number of nitrogens with zero attached hydrogens (tertiary/aromatic N) is 1. The number of methoxy groups -OCH3 is 1. The molecule has 0 spiro atoms. The van der Waals surface area contributed by atoms with Crippen molar-refractivity contribution in [3.8, 4) is 0 Å². The second-order valence-corrected chi connectivity index (χ2v) is 7.63. The van der Waals surface area contributed by atoms with Crippen LogP contribution in [0.25, 0.3) is 0 Å². The fourth-order valence-corrected chi connectivity index (χ4v) is 3.12. The van der Waals surface area contributed by atoms with E-state index in [4.69, 9.17) is 4.74 Å². The van der Waals surface area contributed by atoms with Crippen molar-refractivity contribution in [2.75, 3.05) is 33.9 Å². The van der Waals surface area contributed by atoms with Gasteiger partial charge in [-0.05, 0) is 52.5 Å². The molecule has 3 nitrogen and oxygen atoms in total. The summed E-state index contributed by atoms with van der Waals surface area (Å²) in [5.41, 5.74) is 1.35. The van der Waals surface area contributed by atoms with Crippen LogP contribution in [0.2, 0.25) is 0 Å². The Morgan fingerprint density at radius 3 is 2.68 bits per heavy atom. The standard InChI is InChI=1S/C14H25BrN2OS/c1-11(2)6-16-7-13(9-18-4)17(3)8-12-5-14(15)19-10-12/h5,10-11,13,16H,6-9H2,1-4H3. The predicted molar refractivity (Wildman–Crippen MR) is 86.9 cm³/mol. The minimum atomic E-state index is 0.405. The number of thiophene rings is 1. The van der Waals surface area contributed by atoms with E-state index in [0.29, 0.717) is 12.0 Å². The number of likely N-dealkylation sites (N-methyl/N-ethyl adjacent to an activating group) is 1. The van der Waals surface area contributed by atoms with Crippen LogP contribution >= 0.6 is 27.3 Å². The highest BCUT2D eigenvalue weighted by atomic mass is 79.9. The van der Waals surface area contributed by atoms with Crippen LogP contribution in [-0.2, 0) is 11.3 Å². The summed E-state index contributed by atoms with van der Waals surface area (Å²) in [6.07, 6.45) is 0. The van der Waals surface area contributed by atoms with Crippen LogP contribution in [0.4, 0.5) is 0 Å². The Balaban J connectivity index is 2.44. The quantitative estimate of drug-likeness (QED) is 0.741. The monoisotopic (exact) mass is 348 g/mol. The summed E-state index contributed by atoms with van der Waals surface area (Å²) in [5, 5.41) is 5.71. The lowest BCUT2D eigenvalue weighted by Crippen LogP contribution is -2.43. The van der Waals surface area contributed by atoms with Gasteiger partial charge in [0.2, 0.25) is 0 Å². The molecule has 1 rings (SSSR count). The van der Waals surface area contributed by atoms with Gasteiger partial charge in [-0.1, -0.05) is 13.8 Å². The number of hydrogen-bond donors (Lipinski definition) is 1. The molecule has 0 saturated carbocycles. The Bertz CT molecular complexity index is 357. The van der Waals surface area contributed by atoms with Gasteiger partial charge in [-0.2, -0.15) is 0 Å². The minimum Gasteiger partial charge on any atom is -0.383 e. The molecule has 1 aromatic heterocycles. The fourth-order valence-electron chi connectivity index (χ4n) is 1.92. The zero-order valence-electron chi connectivity index (χ0n) is 12.3. The molecule has 0 radical (unpaired) electrons. The van der Waals surface area contributed by atoms with Crippen molar-refractivity contribution >= 4 is 27.3 Å². The molecule has 1 N–H and O–H groups in total. The summed E-state index contributed by atoms with van der Waals surface area (Å²) in [5.74, 6) is 0.682. The van der Waals surface area contributed by atoms with E-state index in [1.807, 2.05) is 0 Å². The molecule has 0 aromatic carbocycles. The van der Waals surface area contributed by atoms with Crippen molar-refractivity contribution in [3.05, 3.63) is 20.8 Å². The maximum absolute atomic E-state index is 5.34. The van der Waals surface area contributed by atoms with Crippen LogP contribution in [-0.4, -0.2) is 44.8 Å². The van der Waals surface area contributed by atoms with E-state index < -0.39 is 0 Å². The second-order valence-electron chi connectivity index (χ2n) is 5.34. The molecule has 1 aromatic rings. The van der Waals surface area contributed by atoms with Gasteiger partial charge in [0.05, 0.1) is 10.4 Å². The van der Waals surface area contributed by atoms with Gasteiger partial charge in [0.25, 0.3) is 0 Å². The van der Waals surface area contributed by atoms with Gasteiger partial charge in [0, 0.05) is 26.2 Å². The summed E-state index contributed by atoms with van der Waals surface area (Å²) >= 11 is 5.25. The maximum atomic E-state index is 5.34. The largest absolute Gasteiger partial charge is 0.383 e. The number of ether oxygens (including phenoxy) is 1. The first-order valence-electron chi connectivity index (χ1n) is 6.65. The van der Waals surface area contributed by atoms with E-state index >= 15 is 0 Å². The Hall–Kier alpha value is 0.0600. The normalized spacial score (nSPS) is 13.4. The van der Waals surface area contributed by atoms with Crippen LogP contribution in [0.3, 0.4) is 0 Å². The first-order valence-corrected chi connectivity index (χ1v) is 8.33. The second kappa shape index (κ2) is 9.08. The topological polar surface area (TPSA) is 24.5 Å². The lowest BCUT2D eigenvalue weighted by molar-refractivity contribution is 0.101. The number of rotatable bonds is 9. The molecule has 5 heteroatoms. The van der Waals surface area contributed by atoms with Crippen molar-refractivity contribution in [1.82, 2.24) is 10.2 Å². The van der Waals surface area contributed by atoms with Gasteiger partial charge in [-0.15, -0.1) is 11.3 Å². The van der Waals surface area contributed by atoms with Gasteiger partial charge in [-0.25, -0.2) is 0 Å². The summed E-state index contributed by atoms with van der Waals surface area (Å²) in [6, 6.07) is 2.59.